The van der Waals surface area contributed by atoms with Crippen molar-refractivity contribution in [3.8, 4) is 0 Å². The van der Waals surface area contributed by atoms with Crippen LogP contribution in [0.3, 0.4) is 0 Å². The molecule has 0 amide bonds. The highest BCUT2D eigenvalue weighted by Gasteiger charge is 2.64. The van der Waals surface area contributed by atoms with E-state index in [0.29, 0.717) is 24.2 Å². The molecule has 0 aliphatic heterocycles. The first kappa shape index (κ1) is 17.4. The number of carboxylic acids is 1. The van der Waals surface area contributed by atoms with Crippen LogP contribution in [0.25, 0.3) is 0 Å². The van der Waals surface area contributed by atoms with Crippen LogP contribution in [0.1, 0.15) is 66.7 Å². The van der Waals surface area contributed by atoms with Gasteiger partial charge in [-0.2, -0.15) is 0 Å². The molecule has 3 aliphatic rings. The Labute approximate surface area is 143 Å². The number of Topliss-reactive ketones (excluding diaryl/α,β-unsaturated/α-hetero) is 2. The van der Waals surface area contributed by atoms with E-state index in [9.17, 15) is 19.5 Å². The number of aliphatic carboxylic acids is 1. The minimum atomic E-state index is -0.994. The second-order valence-electron chi connectivity index (χ2n) is 9.14. The number of hydrogen-bond donors (Lipinski definition) is 1. The molecule has 4 heteroatoms. The van der Waals surface area contributed by atoms with E-state index in [-0.39, 0.29) is 39.4 Å². The average molecular weight is 332 g/mol. The smallest absolute Gasteiger partial charge is 0.331 e. The fraction of sp³-hybridized carbons (Fsp3) is 0.750. The zero-order chi connectivity index (χ0) is 18.1. The van der Waals surface area contributed by atoms with Gasteiger partial charge in [0, 0.05) is 34.8 Å². The molecular formula is C20H28O4. The monoisotopic (exact) mass is 332 g/mol. The molecule has 4 nitrogen and oxygen atoms in total. The molecule has 0 spiro atoms. The number of fused-ring (bicyclic) bond motifs is 3. The predicted molar refractivity (Wildman–Crippen MR) is 90.4 cm³/mol. The fourth-order valence-corrected chi connectivity index (χ4v) is 6.46. The fourth-order valence-electron chi connectivity index (χ4n) is 6.46. The Morgan fingerprint density at radius 1 is 1.08 bits per heavy atom. The summed E-state index contributed by atoms with van der Waals surface area (Å²) in [7, 11) is 0. The van der Waals surface area contributed by atoms with Gasteiger partial charge in [0.05, 0.1) is 0 Å². The van der Waals surface area contributed by atoms with Crippen molar-refractivity contribution >= 4 is 17.5 Å². The highest BCUT2D eigenvalue weighted by Crippen LogP contribution is 2.68. The molecule has 0 unspecified atom stereocenters. The van der Waals surface area contributed by atoms with Gasteiger partial charge in [-0.1, -0.05) is 27.7 Å². The van der Waals surface area contributed by atoms with Crippen LogP contribution in [0, 0.1) is 28.1 Å². The number of carboxylic acid groups (broad SMARTS) is 1. The Balaban J connectivity index is 2.12. The number of hydrogen-bond acceptors (Lipinski definition) is 3. The van der Waals surface area contributed by atoms with Gasteiger partial charge in [0.1, 0.15) is 5.78 Å². The molecule has 4 atom stereocenters. The summed E-state index contributed by atoms with van der Waals surface area (Å²) in [5.41, 5.74) is -0.0688. The van der Waals surface area contributed by atoms with E-state index < -0.39 is 5.97 Å². The van der Waals surface area contributed by atoms with Gasteiger partial charge in [0.15, 0.2) is 5.78 Å². The summed E-state index contributed by atoms with van der Waals surface area (Å²) in [4.78, 5) is 36.7. The van der Waals surface area contributed by atoms with Crippen LogP contribution in [0.2, 0.25) is 0 Å². The summed E-state index contributed by atoms with van der Waals surface area (Å²) in [6.45, 7) is 9.98. The maximum atomic E-state index is 12.7. The molecule has 3 aliphatic carbocycles. The molecule has 0 saturated heterocycles. The molecule has 3 rings (SSSR count). The van der Waals surface area contributed by atoms with Gasteiger partial charge < -0.3 is 5.11 Å². The minimum absolute atomic E-state index is 0.000943. The van der Waals surface area contributed by atoms with Crippen molar-refractivity contribution in [2.24, 2.45) is 28.1 Å². The average Bonchev–Trinajstić information content (AvgIpc) is 2.75. The van der Waals surface area contributed by atoms with E-state index in [1.165, 1.54) is 0 Å². The van der Waals surface area contributed by atoms with Crippen LogP contribution in [0.5, 0.6) is 0 Å². The minimum Gasteiger partial charge on any atom is -0.478 e. The van der Waals surface area contributed by atoms with E-state index in [2.05, 4.69) is 27.7 Å². The number of allylic oxidation sites excluding steroid dienone is 1. The third-order valence-electron chi connectivity index (χ3n) is 7.73. The highest BCUT2D eigenvalue weighted by molar-refractivity contribution is 6.06. The van der Waals surface area contributed by atoms with Crippen molar-refractivity contribution in [1.29, 1.82) is 0 Å². The van der Waals surface area contributed by atoms with Crippen LogP contribution in [0.4, 0.5) is 0 Å². The summed E-state index contributed by atoms with van der Waals surface area (Å²) >= 11 is 0. The quantitative estimate of drug-likeness (QED) is 0.742. The van der Waals surface area contributed by atoms with Gasteiger partial charge in [-0.05, 0) is 43.4 Å². The van der Waals surface area contributed by atoms with E-state index in [0.717, 1.165) is 19.3 Å². The summed E-state index contributed by atoms with van der Waals surface area (Å²) in [5, 5.41) is 9.42. The van der Waals surface area contributed by atoms with E-state index in [4.69, 9.17) is 0 Å². The number of rotatable bonds is 1. The Morgan fingerprint density at radius 3 is 2.29 bits per heavy atom. The lowest BCUT2D eigenvalue weighted by atomic mass is 9.43. The molecule has 24 heavy (non-hydrogen) atoms. The van der Waals surface area contributed by atoms with Crippen molar-refractivity contribution < 1.29 is 19.5 Å². The first-order valence-electron chi connectivity index (χ1n) is 8.97. The summed E-state index contributed by atoms with van der Waals surface area (Å²) in [6, 6.07) is 0. The molecule has 0 aromatic rings. The van der Waals surface area contributed by atoms with Gasteiger partial charge in [-0.3, -0.25) is 9.59 Å². The van der Waals surface area contributed by atoms with Crippen LogP contribution >= 0.6 is 0 Å². The van der Waals surface area contributed by atoms with Gasteiger partial charge in [0.25, 0.3) is 0 Å². The topological polar surface area (TPSA) is 71.4 Å². The molecule has 0 aromatic carbocycles. The number of carbonyl (C=O) groups is 3. The third-order valence-corrected chi connectivity index (χ3v) is 7.73. The molecule has 0 aromatic heterocycles. The van der Waals surface area contributed by atoms with Crippen LogP contribution in [-0.4, -0.2) is 22.6 Å². The van der Waals surface area contributed by atoms with Gasteiger partial charge in [-0.15, -0.1) is 0 Å². The molecule has 3 saturated carbocycles. The summed E-state index contributed by atoms with van der Waals surface area (Å²) in [5.74, 6) is -0.268. The van der Waals surface area contributed by atoms with E-state index in [1.54, 1.807) is 6.92 Å². The molecule has 132 valence electrons. The van der Waals surface area contributed by atoms with Crippen molar-refractivity contribution in [3.63, 3.8) is 0 Å². The SMILES string of the molecule is CC(C(=O)O)=C1C(=O)C[C@H]2[C@@]3(C)CCC(=O)C(C)(C)[C@@H]3CC[C@]12C. The molecule has 3 fully saturated rings. The van der Waals surface area contributed by atoms with Crippen molar-refractivity contribution in [1.82, 2.24) is 0 Å². The normalized spacial score (nSPS) is 43.2. The predicted octanol–water partition coefficient (Wildman–Crippen LogP) is 3.79. The molecule has 0 radical (unpaired) electrons. The number of carbonyl (C=O) groups excluding carboxylic acids is 2. The molecule has 0 bridgehead atoms. The summed E-state index contributed by atoms with van der Waals surface area (Å²) in [6.07, 6.45) is 3.48. The second-order valence-corrected chi connectivity index (χ2v) is 9.14. The maximum Gasteiger partial charge on any atom is 0.331 e. The van der Waals surface area contributed by atoms with Crippen molar-refractivity contribution in [3.05, 3.63) is 11.1 Å². The Hall–Kier alpha value is -1.45. The first-order valence-corrected chi connectivity index (χ1v) is 8.97. The van der Waals surface area contributed by atoms with Crippen molar-refractivity contribution in [2.75, 3.05) is 0 Å². The van der Waals surface area contributed by atoms with Crippen molar-refractivity contribution in [2.45, 2.75) is 66.7 Å². The zero-order valence-electron chi connectivity index (χ0n) is 15.4. The third kappa shape index (κ3) is 2.01. The summed E-state index contributed by atoms with van der Waals surface area (Å²) < 4.78 is 0. The van der Waals surface area contributed by atoms with E-state index in [1.807, 2.05) is 0 Å². The highest BCUT2D eigenvalue weighted by atomic mass is 16.4. The zero-order valence-corrected chi connectivity index (χ0v) is 15.4. The van der Waals surface area contributed by atoms with Crippen LogP contribution < -0.4 is 0 Å². The largest absolute Gasteiger partial charge is 0.478 e. The van der Waals surface area contributed by atoms with E-state index >= 15 is 0 Å². The molecule has 1 N–H and O–H groups in total. The maximum absolute atomic E-state index is 12.7. The second kappa shape index (κ2) is 5.03. The van der Waals surface area contributed by atoms with Gasteiger partial charge >= 0.3 is 5.97 Å². The Bertz CT molecular complexity index is 671. The van der Waals surface area contributed by atoms with Crippen LogP contribution in [0.15, 0.2) is 11.1 Å². The Morgan fingerprint density at radius 2 is 1.71 bits per heavy atom. The lowest BCUT2D eigenvalue weighted by molar-refractivity contribution is -0.154. The lowest BCUT2D eigenvalue weighted by Crippen LogP contribution is -2.56. The Kier molecular flexibility index (Phi) is 3.64. The van der Waals surface area contributed by atoms with Gasteiger partial charge in [0.2, 0.25) is 0 Å². The lowest BCUT2D eigenvalue weighted by Gasteiger charge is -2.60. The van der Waals surface area contributed by atoms with Crippen LogP contribution in [-0.2, 0) is 14.4 Å². The first-order chi connectivity index (χ1) is 11.0. The standard InChI is InChI=1S/C20H28O4/c1-11(17(23)24)16-12(21)10-14-19(4)9-7-15(22)18(2,3)13(19)6-8-20(14,16)5/h13-14H,6-10H2,1-5H3,(H,23,24)/t13-,14-,19-,20-/m0/s1. The molecule has 0 heterocycles. The molecular weight excluding hydrogens is 304 g/mol. The number of ketones is 2. The van der Waals surface area contributed by atoms with Gasteiger partial charge in [-0.25, -0.2) is 4.79 Å².